The Morgan fingerprint density at radius 2 is 1.27 bits per heavy atom. The van der Waals surface area contributed by atoms with Crippen LogP contribution in [0.5, 0.6) is 23.0 Å². The van der Waals surface area contributed by atoms with Gasteiger partial charge in [0.25, 0.3) is 0 Å². The average Bonchev–Trinajstić information content (AvgIpc) is 2.89. The highest BCUT2D eigenvalue weighted by Gasteiger charge is 2.06. The molecule has 3 aromatic carbocycles. The fourth-order valence-corrected chi connectivity index (χ4v) is 3.20. The Kier molecular flexibility index (Phi) is 7.97. The van der Waals surface area contributed by atoms with E-state index in [-0.39, 0.29) is 17.4 Å². The number of aromatic hydroxyl groups is 2. The number of hydrogen-bond donors (Lipinski definition) is 5. The molecule has 11 nitrogen and oxygen atoms in total. The average molecular weight is 500 g/mol. The van der Waals surface area contributed by atoms with E-state index in [9.17, 15) is 10.2 Å². The first-order chi connectivity index (χ1) is 18.0. The zero-order valence-electron chi connectivity index (χ0n) is 20.1. The van der Waals surface area contributed by atoms with Gasteiger partial charge in [-0.3, -0.25) is 5.43 Å². The van der Waals surface area contributed by atoms with Gasteiger partial charge in [0.2, 0.25) is 5.95 Å². The number of methoxy groups -OCH3 is 2. The molecule has 0 atom stereocenters. The molecule has 0 saturated carbocycles. The molecule has 4 aromatic rings. The highest BCUT2D eigenvalue weighted by atomic mass is 16.5. The van der Waals surface area contributed by atoms with Crippen molar-refractivity contribution in [2.24, 2.45) is 10.2 Å². The van der Waals surface area contributed by atoms with Crippen LogP contribution in [0.25, 0.3) is 0 Å². The molecule has 0 saturated heterocycles. The summed E-state index contributed by atoms with van der Waals surface area (Å²) in [6.07, 6.45) is 3.05. The van der Waals surface area contributed by atoms with Gasteiger partial charge < -0.3 is 25.0 Å². The van der Waals surface area contributed by atoms with Crippen LogP contribution in [0.4, 0.5) is 23.3 Å². The van der Waals surface area contributed by atoms with Gasteiger partial charge in [0.15, 0.2) is 28.8 Å². The summed E-state index contributed by atoms with van der Waals surface area (Å²) in [5, 5.41) is 31.5. The van der Waals surface area contributed by atoms with Gasteiger partial charge in [-0.15, -0.1) is 0 Å². The Morgan fingerprint density at radius 3 is 1.84 bits per heavy atom. The van der Waals surface area contributed by atoms with Crippen LogP contribution in [-0.4, -0.2) is 46.8 Å². The van der Waals surface area contributed by atoms with Crippen LogP contribution in [0.1, 0.15) is 11.1 Å². The molecule has 11 heteroatoms. The van der Waals surface area contributed by atoms with Crippen LogP contribution in [0, 0.1) is 0 Å². The second-order valence-electron chi connectivity index (χ2n) is 7.56. The van der Waals surface area contributed by atoms with Gasteiger partial charge in [0.05, 0.1) is 26.6 Å². The summed E-state index contributed by atoms with van der Waals surface area (Å²) in [4.78, 5) is 8.83. The zero-order chi connectivity index (χ0) is 26.0. The molecule has 0 aliphatic rings. The fourth-order valence-electron chi connectivity index (χ4n) is 3.20. The van der Waals surface area contributed by atoms with Gasteiger partial charge in [-0.2, -0.15) is 20.2 Å². The topological polar surface area (TPSA) is 146 Å². The van der Waals surface area contributed by atoms with E-state index < -0.39 is 0 Å². The zero-order valence-corrected chi connectivity index (χ0v) is 20.1. The van der Waals surface area contributed by atoms with E-state index in [2.05, 4.69) is 36.3 Å². The van der Waals surface area contributed by atoms with E-state index >= 15 is 0 Å². The molecule has 5 N–H and O–H groups in total. The van der Waals surface area contributed by atoms with Crippen LogP contribution in [0.3, 0.4) is 0 Å². The van der Waals surface area contributed by atoms with E-state index in [1.54, 1.807) is 30.3 Å². The SMILES string of the molecule is COc1ccc(C=NNc2cc(Nc3ccccc3)nc(NN=Cc3ccc(OC)c(O)c3)n2)cc1O. The van der Waals surface area contributed by atoms with Crippen LogP contribution >= 0.6 is 0 Å². The van der Waals surface area contributed by atoms with Crippen molar-refractivity contribution in [3.05, 3.63) is 83.9 Å². The van der Waals surface area contributed by atoms with Crippen molar-refractivity contribution >= 4 is 35.7 Å². The molecule has 0 bridgehead atoms. The number of aromatic nitrogens is 2. The van der Waals surface area contributed by atoms with Crippen LogP contribution < -0.4 is 25.6 Å². The molecule has 37 heavy (non-hydrogen) atoms. The Bertz CT molecular complexity index is 1330. The van der Waals surface area contributed by atoms with E-state index in [0.29, 0.717) is 34.3 Å². The normalized spacial score (nSPS) is 11.0. The van der Waals surface area contributed by atoms with Crippen LogP contribution in [0.15, 0.2) is 83.0 Å². The second kappa shape index (κ2) is 11.9. The number of hydrazone groups is 2. The minimum atomic E-state index is 0.00582. The predicted octanol–water partition coefficient (Wildman–Crippen LogP) is 4.54. The van der Waals surface area contributed by atoms with Gasteiger partial charge >= 0.3 is 0 Å². The number of benzene rings is 3. The van der Waals surface area contributed by atoms with Crippen LogP contribution in [0.2, 0.25) is 0 Å². The predicted molar refractivity (Wildman–Crippen MR) is 144 cm³/mol. The smallest absolute Gasteiger partial charge is 0.247 e. The molecule has 4 rings (SSSR count). The molecule has 0 radical (unpaired) electrons. The molecule has 0 amide bonds. The Labute approximate surface area is 213 Å². The number of nitrogens with one attached hydrogen (secondary N) is 3. The standard InChI is InChI=1S/C26H25N7O4/c1-36-22-10-8-17(12-20(22)34)15-27-32-25-14-24(29-19-6-4-3-5-7-19)30-26(31-25)33-28-16-18-9-11-23(37-2)21(35)13-18/h3-16,34-35H,1-2H3,(H3,29,30,31,32,33). The van der Waals surface area contributed by atoms with Gasteiger partial charge in [-0.05, 0) is 59.7 Å². The van der Waals surface area contributed by atoms with Crippen molar-refractivity contribution < 1.29 is 19.7 Å². The summed E-state index contributed by atoms with van der Waals surface area (Å²) in [5.41, 5.74) is 7.80. The van der Waals surface area contributed by atoms with E-state index in [4.69, 9.17) is 9.47 Å². The van der Waals surface area contributed by atoms with Gasteiger partial charge in [-0.1, -0.05) is 18.2 Å². The van der Waals surface area contributed by atoms with E-state index in [1.807, 2.05) is 30.3 Å². The molecular weight excluding hydrogens is 474 g/mol. The van der Waals surface area contributed by atoms with E-state index in [1.165, 1.54) is 38.8 Å². The van der Waals surface area contributed by atoms with Crippen molar-refractivity contribution in [3.63, 3.8) is 0 Å². The summed E-state index contributed by atoms with van der Waals surface area (Å²) in [5.74, 6) is 1.86. The number of hydrogen-bond acceptors (Lipinski definition) is 11. The summed E-state index contributed by atoms with van der Waals surface area (Å²) in [7, 11) is 2.96. The molecule has 0 fully saturated rings. The highest BCUT2D eigenvalue weighted by Crippen LogP contribution is 2.26. The number of nitrogens with zero attached hydrogens (tertiary/aromatic N) is 4. The maximum atomic E-state index is 9.95. The first kappa shape index (κ1) is 24.8. The largest absolute Gasteiger partial charge is 0.504 e. The number of ether oxygens (including phenoxy) is 2. The third-order valence-electron chi connectivity index (χ3n) is 4.95. The maximum Gasteiger partial charge on any atom is 0.247 e. The molecule has 1 aromatic heterocycles. The number of phenolic OH excluding ortho intramolecular Hbond substituents is 2. The van der Waals surface area contributed by atoms with Crippen molar-refractivity contribution in [3.8, 4) is 23.0 Å². The third kappa shape index (κ3) is 6.85. The number of phenols is 2. The quantitative estimate of drug-likeness (QED) is 0.157. The number of para-hydroxylation sites is 1. The molecule has 1 heterocycles. The Hall–Kier alpha value is -5.32. The first-order valence-corrected chi connectivity index (χ1v) is 11.1. The fraction of sp³-hybridized carbons (Fsp3) is 0.0769. The molecular formula is C26H25N7O4. The number of anilines is 4. The molecule has 0 aliphatic heterocycles. The van der Waals surface area contributed by atoms with Gasteiger partial charge in [0, 0.05) is 11.8 Å². The van der Waals surface area contributed by atoms with Crippen molar-refractivity contribution in [2.45, 2.75) is 0 Å². The van der Waals surface area contributed by atoms with Crippen molar-refractivity contribution in [1.29, 1.82) is 0 Å². The maximum absolute atomic E-state index is 9.95. The molecule has 0 spiro atoms. The second-order valence-corrected chi connectivity index (χ2v) is 7.56. The highest BCUT2D eigenvalue weighted by molar-refractivity contribution is 5.82. The summed E-state index contributed by atoms with van der Waals surface area (Å²) in [6.45, 7) is 0. The number of rotatable bonds is 10. The first-order valence-electron chi connectivity index (χ1n) is 11.1. The van der Waals surface area contributed by atoms with Crippen molar-refractivity contribution in [1.82, 2.24) is 9.97 Å². The lowest BCUT2D eigenvalue weighted by molar-refractivity contribution is 0.373. The molecule has 0 unspecified atom stereocenters. The van der Waals surface area contributed by atoms with E-state index in [0.717, 1.165) is 5.69 Å². The third-order valence-corrected chi connectivity index (χ3v) is 4.95. The summed E-state index contributed by atoms with van der Waals surface area (Å²) in [6, 6.07) is 21.1. The lowest BCUT2D eigenvalue weighted by Gasteiger charge is -2.09. The molecule has 0 aliphatic carbocycles. The monoisotopic (exact) mass is 499 g/mol. The van der Waals surface area contributed by atoms with Gasteiger partial charge in [-0.25, -0.2) is 5.43 Å². The van der Waals surface area contributed by atoms with Gasteiger partial charge in [0.1, 0.15) is 5.82 Å². The lowest BCUT2D eigenvalue weighted by atomic mass is 10.2. The lowest BCUT2D eigenvalue weighted by Crippen LogP contribution is -2.04. The van der Waals surface area contributed by atoms with Crippen molar-refractivity contribution in [2.75, 3.05) is 30.4 Å². The Morgan fingerprint density at radius 1 is 0.703 bits per heavy atom. The summed E-state index contributed by atoms with van der Waals surface area (Å²) >= 11 is 0. The minimum absolute atomic E-state index is 0.00582. The minimum Gasteiger partial charge on any atom is -0.504 e. The summed E-state index contributed by atoms with van der Waals surface area (Å²) < 4.78 is 10.1. The Balaban J connectivity index is 1.52. The van der Waals surface area contributed by atoms with Crippen LogP contribution in [-0.2, 0) is 0 Å². The molecule has 188 valence electrons.